The molecule has 0 amide bonds. The van der Waals surface area contributed by atoms with E-state index >= 15 is 0 Å². The fourth-order valence-electron chi connectivity index (χ4n) is 2.47. The van der Waals surface area contributed by atoms with Crippen LogP contribution in [-0.2, 0) is 32.4 Å². The first-order chi connectivity index (χ1) is 8.99. The summed E-state index contributed by atoms with van der Waals surface area (Å²) in [4.78, 5) is 11.9. The van der Waals surface area contributed by atoms with Crippen molar-refractivity contribution in [2.45, 2.75) is 24.7 Å². The number of sulfonamides is 1. The van der Waals surface area contributed by atoms with Crippen LogP contribution in [0.2, 0.25) is 0 Å². The Morgan fingerprint density at radius 1 is 1.42 bits per heavy atom. The van der Waals surface area contributed by atoms with Crippen molar-refractivity contribution >= 4 is 16.0 Å². The van der Waals surface area contributed by atoms with Gasteiger partial charge in [0, 0.05) is 6.54 Å². The monoisotopic (exact) mass is 283 g/mol. The molecule has 1 aliphatic carbocycles. The highest BCUT2D eigenvalue weighted by atomic mass is 32.2. The summed E-state index contributed by atoms with van der Waals surface area (Å²) in [5, 5.41) is 0. The molecule has 1 aromatic carbocycles. The molecule has 0 aliphatic heterocycles. The minimum absolute atomic E-state index is 0.276. The first kappa shape index (κ1) is 14.0. The summed E-state index contributed by atoms with van der Waals surface area (Å²) in [7, 11) is -2.14. The molecule has 19 heavy (non-hydrogen) atoms. The highest BCUT2D eigenvalue weighted by Crippen LogP contribution is 2.32. The quantitative estimate of drug-likeness (QED) is 0.832. The second-order valence-corrected chi connectivity index (χ2v) is 6.26. The fraction of sp³-hybridized carbons (Fsp3) is 0.462. The molecule has 0 fully saturated rings. The molecule has 2 rings (SSSR count). The minimum Gasteiger partial charge on any atom is -0.469 e. The van der Waals surface area contributed by atoms with Gasteiger partial charge in [0.2, 0.25) is 10.0 Å². The lowest BCUT2D eigenvalue weighted by Crippen LogP contribution is -2.24. The highest BCUT2D eigenvalue weighted by molar-refractivity contribution is 7.89. The number of methoxy groups -OCH3 is 1. The topological polar surface area (TPSA) is 72.5 Å². The van der Waals surface area contributed by atoms with E-state index in [-0.39, 0.29) is 16.8 Å². The second-order valence-electron chi connectivity index (χ2n) is 4.52. The van der Waals surface area contributed by atoms with Crippen LogP contribution >= 0.6 is 0 Å². The van der Waals surface area contributed by atoms with Crippen LogP contribution in [0.3, 0.4) is 0 Å². The Hall–Kier alpha value is -1.40. The Kier molecular flexibility index (Phi) is 3.91. The Labute approximate surface area is 113 Å². The number of hydrogen-bond donors (Lipinski definition) is 1. The molecule has 0 aromatic heterocycles. The van der Waals surface area contributed by atoms with Crippen LogP contribution in [0.5, 0.6) is 0 Å². The lowest BCUT2D eigenvalue weighted by Gasteiger charge is -2.09. The van der Waals surface area contributed by atoms with Crippen molar-refractivity contribution in [3.05, 3.63) is 29.3 Å². The highest BCUT2D eigenvalue weighted by Gasteiger charge is 2.32. The molecule has 0 saturated carbocycles. The number of hydrogen-bond acceptors (Lipinski definition) is 4. The molecule has 0 heterocycles. The van der Waals surface area contributed by atoms with Crippen molar-refractivity contribution in [1.82, 2.24) is 4.72 Å². The molecule has 5 nitrogen and oxygen atoms in total. The van der Waals surface area contributed by atoms with Crippen molar-refractivity contribution < 1.29 is 17.9 Å². The van der Waals surface area contributed by atoms with Gasteiger partial charge in [0.25, 0.3) is 0 Å². The smallest absolute Gasteiger partial charge is 0.309 e. The normalized spacial score (nSPS) is 18.1. The van der Waals surface area contributed by atoms with Crippen LogP contribution in [0.1, 0.15) is 18.1 Å². The van der Waals surface area contributed by atoms with Crippen LogP contribution in [0.25, 0.3) is 0 Å². The summed E-state index contributed by atoms with van der Waals surface area (Å²) >= 11 is 0. The lowest BCUT2D eigenvalue weighted by atomic mass is 10.1. The molecule has 104 valence electrons. The van der Waals surface area contributed by atoms with Gasteiger partial charge in [0.1, 0.15) is 0 Å². The zero-order valence-electron chi connectivity index (χ0n) is 11.0. The molecule has 6 heteroatoms. The molecule has 1 aliphatic rings. The van der Waals surface area contributed by atoms with Crippen molar-refractivity contribution in [3.8, 4) is 0 Å². The van der Waals surface area contributed by atoms with Crippen molar-refractivity contribution in [1.29, 1.82) is 0 Å². The summed E-state index contributed by atoms with van der Waals surface area (Å²) in [5.41, 5.74) is 1.65. The minimum atomic E-state index is -3.49. The van der Waals surface area contributed by atoms with E-state index in [2.05, 4.69) is 4.72 Å². The largest absolute Gasteiger partial charge is 0.469 e. The predicted molar refractivity (Wildman–Crippen MR) is 70.2 cm³/mol. The van der Waals surface area contributed by atoms with Gasteiger partial charge in [-0.3, -0.25) is 4.79 Å². The lowest BCUT2D eigenvalue weighted by molar-refractivity contribution is -0.145. The molecule has 0 saturated heterocycles. The van der Waals surface area contributed by atoms with E-state index in [9.17, 15) is 13.2 Å². The van der Waals surface area contributed by atoms with E-state index < -0.39 is 10.0 Å². The Morgan fingerprint density at radius 3 is 2.79 bits per heavy atom. The third-order valence-electron chi connectivity index (χ3n) is 3.31. The van der Waals surface area contributed by atoms with Gasteiger partial charge >= 0.3 is 5.97 Å². The van der Waals surface area contributed by atoms with Crippen molar-refractivity contribution in [2.75, 3.05) is 13.7 Å². The number of ether oxygens (including phenoxy) is 1. The van der Waals surface area contributed by atoms with E-state index in [4.69, 9.17) is 4.74 Å². The molecule has 1 N–H and O–H groups in total. The summed E-state index contributed by atoms with van der Waals surface area (Å²) in [6, 6.07) is 5.16. The first-order valence-corrected chi connectivity index (χ1v) is 7.66. The summed E-state index contributed by atoms with van der Waals surface area (Å²) in [6.45, 7) is 2.07. The maximum Gasteiger partial charge on any atom is 0.309 e. The third-order valence-corrected chi connectivity index (χ3v) is 4.94. The van der Waals surface area contributed by atoms with Gasteiger partial charge in [0.05, 0.1) is 17.9 Å². The van der Waals surface area contributed by atoms with Gasteiger partial charge in [-0.25, -0.2) is 13.1 Å². The van der Waals surface area contributed by atoms with E-state index in [1.165, 1.54) is 7.11 Å². The van der Waals surface area contributed by atoms with Crippen molar-refractivity contribution in [3.63, 3.8) is 0 Å². The standard InChI is InChI=1S/C13H17NO4S/c1-3-14-19(16,17)12-6-4-5-9-7-10(8-11(9)12)13(15)18-2/h4-6,10,14H,3,7-8H2,1-2H3/t10-/m0/s1. The zero-order valence-corrected chi connectivity index (χ0v) is 11.8. The van der Waals surface area contributed by atoms with Gasteiger partial charge in [-0.15, -0.1) is 0 Å². The molecule has 1 atom stereocenters. The van der Waals surface area contributed by atoms with Crippen LogP contribution in [-0.4, -0.2) is 28.0 Å². The molecule has 0 unspecified atom stereocenters. The number of rotatable bonds is 4. The Bertz CT molecular complexity index is 595. The van der Waals surface area contributed by atoms with E-state index in [1.807, 2.05) is 6.07 Å². The number of esters is 1. The summed E-state index contributed by atoms with van der Waals surface area (Å²) in [6.07, 6.45) is 0.959. The third kappa shape index (κ3) is 2.64. The Balaban J connectivity index is 2.39. The zero-order chi connectivity index (χ0) is 14.0. The molecular weight excluding hydrogens is 266 g/mol. The average molecular weight is 283 g/mol. The molecule has 0 radical (unpaired) electrons. The van der Waals surface area contributed by atoms with Crippen LogP contribution in [0.15, 0.2) is 23.1 Å². The number of carbonyl (C=O) groups is 1. The van der Waals surface area contributed by atoms with Gasteiger partial charge in [-0.2, -0.15) is 0 Å². The van der Waals surface area contributed by atoms with Gasteiger partial charge < -0.3 is 4.74 Å². The molecule has 0 spiro atoms. The van der Waals surface area contributed by atoms with Crippen LogP contribution < -0.4 is 4.72 Å². The van der Waals surface area contributed by atoms with E-state index in [0.717, 1.165) is 11.1 Å². The number of nitrogens with one attached hydrogen (secondary N) is 1. The molecule has 0 bridgehead atoms. The average Bonchev–Trinajstić information content (AvgIpc) is 2.81. The predicted octanol–water partition coefficient (Wildman–Crippen LogP) is 0.873. The summed E-state index contributed by atoms with van der Waals surface area (Å²) < 4.78 is 31.4. The van der Waals surface area contributed by atoms with Gasteiger partial charge in [0.15, 0.2) is 0 Å². The maximum atomic E-state index is 12.1. The van der Waals surface area contributed by atoms with Crippen molar-refractivity contribution in [2.24, 2.45) is 5.92 Å². The summed E-state index contributed by atoms with van der Waals surface area (Å²) in [5.74, 6) is -0.569. The number of carbonyl (C=O) groups excluding carboxylic acids is 1. The SMILES string of the molecule is CCNS(=O)(=O)c1cccc2c1C[C@@H](C(=O)OC)C2. The van der Waals surface area contributed by atoms with Gasteiger partial charge in [-0.1, -0.05) is 19.1 Å². The molecule has 1 aromatic rings. The fourth-order valence-corrected chi connectivity index (χ4v) is 3.80. The van der Waals surface area contributed by atoms with E-state index in [1.54, 1.807) is 19.1 Å². The maximum absolute atomic E-state index is 12.1. The van der Waals surface area contributed by atoms with E-state index in [0.29, 0.717) is 19.4 Å². The van der Waals surface area contributed by atoms with Gasteiger partial charge in [-0.05, 0) is 30.0 Å². The first-order valence-electron chi connectivity index (χ1n) is 6.18. The molecular formula is C13H17NO4S. The number of benzene rings is 1. The van der Waals surface area contributed by atoms with Crippen LogP contribution in [0.4, 0.5) is 0 Å². The number of fused-ring (bicyclic) bond motifs is 1. The second kappa shape index (κ2) is 5.30. The van der Waals surface area contributed by atoms with Crippen LogP contribution in [0, 0.1) is 5.92 Å². The Morgan fingerprint density at radius 2 is 2.16 bits per heavy atom.